The molecule has 0 aliphatic carbocycles. The number of carbonyl (C=O) groups excluding carboxylic acids is 2. The van der Waals surface area contributed by atoms with Gasteiger partial charge in [0, 0.05) is 5.02 Å². The molecule has 0 aliphatic rings. The van der Waals surface area contributed by atoms with Gasteiger partial charge in [-0.05, 0) is 35.9 Å². The van der Waals surface area contributed by atoms with Crippen LogP contribution in [0.5, 0.6) is 5.75 Å². The quantitative estimate of drug-likeness (QED) is 0.859. The van der Waals surface area contributed by atoms with Gasteiger partial charge in [0.2, 0.25) is 0 Å². The molecule has 0 bridgehead atoms. The summed E-state index contributed by atoms with van der Waals surface area (Å²) in [5.41, 5.74) is 6.82. The molecule has 0 fully saturated rings. The van der Waals surface area contributed by atoms with Gasteiger partial charge in [-0.3, -0.25) is 4.79 Å². The summed E-state index contributed by atoms with van der Waals surface area (Å²) in [6.45, 7) is 0.210. The molecule has 0 saturated heterocycles. The van der Waals surface area contributed by atoms with Crippen LogP contribution in [0.4, 0.5) is 0 Å². The number of nitrogens with two attached hydrogens (primary N) is 1. The van der Waals surface area contributed by atoms with Crippen molar-refractivity contribution in [3.05, 3.63) is 64.2 Å². The molecule has 2 N–H and O–H groups in total. The number of rotatable bonds is 5. The highest BCUT2D eigenvalue weighted by Gasteiger charge is 2.10. The Hall–Kier alpha value is -2.53. The maximum atomic E-state index is 11.3. The number of amides is 1. The molecule has 5 nitrogen and oxygen atoms in total. The Kier molecular flexibility index (Phi) is 5.01. The number of methoxy groups -OCH3 is 1. The Morgan fingerprint density at radius 1 is 1.14 bits per heavy atom. The fourth-order valence-corrected chi connectivity index (χ4v) is 2.00. The molecule has 6 heteroatoms. The number of hydrogen-bond donors (Lipinski definition) is 1. The molecule has 0 aromatic heterocycles. The lowest BCUT2D eigenvalue weighted by Crippen LogP contribution is -2.13. The van der Waals surface area contributed by atoms with Crippen molar-refractivity contribution in [3.8, 4) is 5.75 Å². The van der Waals surface area contributed by atoms with Crippen molar-refractivity contribution in [3.63, 3.8) is 0 Å². The highest BCUT2D eigenvalue weighted by atomic mass is 35.5. The van der Waals surface area contributed by atoms with Crippen molar-refractivity contribution in [2.75, 3.05) is 7.11 Å². The topological polar surface area (TPSA) is 78.6 Å². The van der Waals surface area contributed by atoms with Gasteiger partial charge in [0.1, 0.15) is 12.4 Å². The highest BCUT2D eigenvalue weighted by Crippen LogP contribution is 2.24. The van der Waals surface area contributed by atoms with Gasteiger partial charge in [0.15, 0.2) is 0 Å². The first-order chi connectivity index (χ1) is 10.5. The molecule has 2 rings (SSSR count). The molecule has 22 heavy (non-hydrogen) atoms. The summed E-state index contributed by atoms with van der Waals surface area (Å²) in [6.07, 6.45) is 0. The number of ether oxygens (including phenoxy) is 2. The van der Waals surface area contributed by atoms with Gasteiger partial charge in [-0.25, -0.2) is 4.79 Å². The minimum absolute atomic E-state index is 0.210. The van der Waals surface area contributed by atoms with Crippen LogP contribution in [0, 0.1) is 0 Å². The van der Waals surface area contributed by atoms with E-state index >= 15 is 0 Å². The molecule has 0 spiro atoms. The van der Waals surface area contributed by atoms with E-state index in [4.69, 9.17) is 22.1 Å². The fraction of sp³-hybridized carbons (Fsp3) is 0.125. The minimum Gasteiger partial charge on any atom is -0.488 e. The second-order valence-corrected chi connectivity index (χ2v) is 4.92. The van der Waals surface area contributed by atoms with Crippen LogP contribution < -0.4 is 10.5 Å². The van der Waals surface area contributed by atoms with E-state index in [1.807, 2.05) is 0 Å². The van der Waals surface area contributed by atoms with Gasteiger partial charge >= 0.3 is 5.97 Å². The smallest absolute Gasteiger partial charge is 0.337 e. The van der Waals surface area contributed by atoms with E-state index in [1.165, 1.54) is 19.2 Å². The lowest BCUT2D eigenvalue weighted by molar-refractivity contribution is 0.0600. The molecule has 0 atom stereocenters. The summed E-state index contributed by atoms with van der Waals surface area (Å²) in [7, 11) is 1.32. The standard InChI is InChI=1S/C16H14ClNO4/c1-21-16(20)11-4-2-10(3-5-11)9-22-14-8-12(17)6-7-13(14)15(18)19/h2-8H,9H2,1H3,(H2,18,19). The average Bonchev–Trinajstić information content (AvgIpc) is 2.52. The predicted octanol–water partition coefficient (Wildman–Crippen LogP) is 2.80. The molecule has 1 amide bonds. The van der Waals surface area contributed by atoms with Gasteiger partial charge in [-0.1, -0.05) is 23.7 Å². The minimum atomic E-state index is -0.590. The Balaban J connectivity index is 2.11. The Bertz CT molecular complexity index is 698. The van der Waals surface area contributed by atoms with Crippen molar-refractivity contribution in [2.45, 2.75) is 6.61 Å². The summed E-state index contributed by atoms with van der Waals surface area (Å²) >= 11 is 5.89. The molecule has 114 valence electrons. The summed E-state index contributed by atoms with van der Waals surface area (Å²) < 4.78 is 10.2. The van der Waals surface area contributed by atoms with Crippen LogP contribution in [0.1, 0.15) is 26.3 Å². The van der Waals surface area contributed by atoms with Crippen LogP contribution >= 0.6 is 11.6 Å². The molecule has 0 aliphatic heterocycles. The van der Waals surface area contributed by atoms with E-state index in [1.54, 1.807) is 30.3 Å². The van der Waals surface area contributed by atoms with Crippen LogP contribution in [-0.4, -0.2) is 19.0 Å². The van der Waals surface area contributed by atoms with Crippen molar-refractivity contribution >= 4 is 23.5 Å². The summed E-state index contributed by atoms with van der Waals surface area (Å²) in [4.78, 5) is 22.7. The molecule has 0 saturated carbocycles. The Labute approximate surface area is 132 Å². The lowest BCUT2D eigenvalue weighted by atomic mass is 10.1. The van der Waals surface area contributed by atoms with Gasteiger partial charge < -0.3 is 15.2 Å². The summed E-state index contributed by atoms with van der Waals surface area (Å²) in [6, 6.07) is 11.4. The zero-order valence-electron chi connectivity index (χ0n) is 11.8. The van der Waals surface area contributed by atoms with E-state index in [9.17, 15) is 9.59 Å². The lowest BCUT2D eigenvalue weighted by Gasteiger charge is -2.10. The second-order valence-electron chi connectivity index (χ2n) is 4.48. The average molecular weight is 320 g/mol. The molecular weight excluding hydrogens is 306 g/mol. The molecule has 0 unspecified atom stereocenters. The number of hydrogen-bond acceptors (Lipinski definition) is 4. The fourth-order valence-electron chi connectivity index (χ4n) is 1.84. The van der Waals surface area contributed by atoms with Crippen LogP contribution in [0.3, 0.4) is 0 Å². The van der Waals surface area contributed by atoms with E-state index in [-0.39, 0.29) is 12.2 Å². The monoisotopic (exact) mass is 319 g/mol. The largest absolute Gasteiger partial charge is 0.488 e. The SMILES string of the molecule is COC(=O)c1ccc(COc2cc(Cl)ccc2C(N)=O)cc1. The first kappa shape index (κ1) is 15.9. The Morgan fingerprint density at radius 2 is 1.82 bits per heavy atom. The van der Waals surface area contributed by atoms with Crippen molar-refractivity contribution in [2.24, 2.45) is 5.73 Å². The third kappa shape index (κ3) is 3.77. The molecular formula is C16H14ClNO4. The normalized spacial score (nSPS) is 10.1. The first-order valence-corrected chi connectivity index (χ1v) is 6.78. The van der Waals surface area contributed by atoms with Gasteiger partial charge in [0.05, 0.1) is 18.2 Å². The van der Waals surface area contributed by atoms with E-state index < -0.39 is 11.9 Å². The predicted molar refractivity (Wildman–Crippen MR) is 82.1 cm³/mol. The summed E-state index contributed by atoms with van der Waals surface area (Å²) in [5, 5.41) is 0.445. The zero-order chi connectivity index (χ0) is 16.1. The van der Waals surface area contributed by atoms with Gasteiger partial charge in [-0.2, -0.15) is 0 Å². The molecule has 0 radical (unpaired) electrons. The maximum absolute atomic E-state index is 11.3. The van der Waals surface area contributed by atoms with Crippen molar-refractivity contribution < 1.29 is 19.1 Å². The Morgan fingerprint density at radius 3 is 2.41 bits per heavy atom. The van der Waals surface area contributed by atoms with Gasteiger partial charge in [0.25, 0.3) is 5.91 Å². The summed E-state index contributed by atoms with van der Waals surface area (Å²) in [5.74, 6) is -0.678. The van der Waals surface area contributed by atoms with Crippen LogP contribution in [0.2, 0.25) is 5.02 Å². The van der Waals surface area contributed by atoms with Crippen LogP contribution in [-0.2, 0) is 11.3 Å². The second kappa shape index (κ2) is 6.95. The highest BCUT2D eigenvalue weighted by molar-refractivity contribution is 6.30. The maximum Gasteiger partial charge on any atom is 0.337 e. The van der Waals surface area contributed by atoms with Crippen LogP contribution in [0.15, 0.2) is 42.5 Å². The molecule has 0 heterocycles. The van der Waals surface area contributed by atoms with Gasteiger partial charge in [-0.15, -0.1) is 0 Å². The number of benzene rings is 2. The number of esters is 1. The van der Waals surface area contributed by atoms with Crippen molar-refractivity contribution in [1.29, 1.82) is 0 Å². The number of halogens is 1. The molecule has 2 aromatic rings. The van der Waals surface area contributed by atoms with Crippen LogP contribution in [0.25, 0.3) is 0 Å². The van der Waals surface area contributed by atoms with Crippen molar-refractivity contribution in [1.82, 2.24) is 0 Å². The first-order valence-electron chi connectivity index (χ1n) is 6.40. The molecule has 2 aromatic carbocycles. The van der Waals surface area contributed by atoms with E-state index in [0.29, 0.717) is 16.3 Å². The number of primary amides is 1. The van der Waals surface area contributed by atoms with E-state index in [0.717, 1.165) is 5.56 Å². The van der Waals surface area contributed by atoms with E-state index in [2.05, 4.69) is 4.74 Å². The third-order valence-corrected chi connectivity index (χ3v) is 3.21. The third-order valence-electron chi connectivity index (χ3n) is 2.98. The number of carbonyl (C=O) groups is 2. The zero-order valence-corrected chi connectivity index (χ0v) is 12.6.